The number of nitrogens with one attached hydrogen (secondary N) is 1. The summed E-state index contributed by atoms with van der Waals surface area (Å²) in [7, 11) is 1.65. The summed E-state index contributed by atoms with van der Waals surface area (Å²) in [6.45, 7) is 5.29. The summed E-state index contributed by atoms with van der Waals surface area (Å²) in [4.78, 5) is 12.3. The van der Waals surface area contributed by atoms with Gasteiger partial charge in [0.25, 0.3) is 0 Å². The third kappa shape index (κ3) is 3.04. The molecule has 2 rings (SSSR count). The molecule has 1 N–H and O–H groups in total. The molecule has 0 aromatic heterocycles. The second kappa shape index (κ2) is 6.13. The van der Waals surface area contributed by atoms with Crippen molar-refractivity contribution in [2.24, 2.45) is 0 Å². The van der Waals surface area contributed by atoms with Crippen LogP contribution in [0.4, 0.5) is 0 Å². The molecular formula is C15H21NO4. The van der Waals surface area contributed by atoms with Crippen molar-refractivity contribution >= 4 is 5.91 Å². The van der Waals surface area contributed by atoms with E-state index < -0.39 is 5.41 Å². The van der Waals surface area contributed by atoms with Crippen molar-refractivity contribution in [2.75, 3.05) is 27.1 Å². The summed E-state index contributed by atoms with van der Waals surface area (Å²) in [5, 5.41) is 2.93. The number of hydrogen-bond donors (Lipinski definition) is 1. The molecule has 0 spiro atoms. The first-order valence-corrected chi connectivity index (χ1v) is 6.73. The van der Waals surface area contributed by atoms with Crippen LogP contribution in [0.15, 0.2) is 18.2 Å². The van der Waals surface area contributed by atoms with Crippen molar-refractivity contribution < 1.29 is 19.0 Å². The number of carbonyl (C=O) groups is 1. The molecule has 1 heterocycles. The minimum absolute atomic E-state index is 0.00697. The van der Waals surface area contributed by atoms with Gasteiger partial charge in [-0.05, 0) is 38.0 Å². The zero-order valence-corrected chi connectivity index (χ0v) is 12.2. The highest BCUT2D eigenvalue weighted by molar-refractivity contribution is 5.87. The van der Waals surface area contributed by atoms with E-state index in [2.05, 4.69) is 5.32 Å². The molecule has 0 unspecified atom stereocenters. The molecule has 0 saturated heterocycles. The lowest BCUT2D eigenvalue weighted by Gasteiger charge is -2.24. The number of carbonyl (C=O) groups excluding carboxylic acids is 1. The van der Waals surface area contributed by atoms with E-state index in [-0.39, 0.29) is 12.7 Å². The predicted octanol–water partition coefficient (Wildman–Crippen LogP) is 1.85. The van der Waals surface area contributed by atoms with Crippen molar-refractivity contribution in [3.05, 3.63) is 23.8 Å². The Morgan fingerprint density at radius 3 is 2.85 bits per heavy atom. The van der Waals surface area contributed by atoms with Crippen molar-refractivity contribution in [2.45, 2.75) is 25.7 Å². The van der Waals surface area contributed by atoms with E-state index in [9.17, 15) is 4.79 Å². The van der Waals surface area contributed by atoms with Gasteiger partial charge in [0.1, 0.15) is 0 Å². The molecule has 1 aliphatic heterocycles. The Morgan fingerprint density at radius 1 is 1.35 bits per heavy atom. The lowest BCUT2D eigenvalue weighted by molar-refractivity contribution is -0.125. The van der Waals surface area contributed by atoms with Crippen molar-refractivity contribution in [1.29, 1.82) is 0 Å². The average Bonchev–Trinajstić information content (AvgIpc) is 2.90. The van der Waals surface area contributed by atoms with Crippen LogP contribution >= 0.6 is 0 Å². The molecule has 0 atom stereocenters. The van der Waals surface area contributed by atoms with Crippen LogP contribution in [-0.2, 0) is 14.9 Å². The highest BCUT2D eigenvalue weighted by atomic mass is 16.7. The van der Waals surface area contributed by atoms with E-state index in [0.717, 1.165) is 17.7 Å². The van der Waals surface area contributed by atoms with Crippen molar-refractivity contribution in [3.63, 3.8) is 0 Å². The number of hydrogen-bond acceptors (Lipinski definition) is 4. The van der Waals surface area contributed by atoms with Crippen LogP contribution in [0.5, 0.6) is 11.5 Å². The summed E-state index contributed by atoms with van der Waals surface area (Å²) < 4.78 is 15.6. The minimum atomic E-state index is -0.617. The van der Waals surface area contributed by atoms with Crippen LogP contribution in [0, 0.1) is 0 Å². The number of amides is 1. The van der Waals surface area contributed by atoms with Gasteiger partial charge in [-0.1, -0.05) is 6.07 Å². The van der Waals surface area contributed by atoms with Gasteiger partial charge >= 0.3 is 0 Å². The van der Waals surface area contributed by atoms with Gasteiger partial charge in [0.2, 0.25) is 12.7 Å². The number of ether oxygens (including phenoxy) is 3. The van der Waals surface area contributed by atoms with E-state index in [0.29, 0.717) is 18.9 Å². The second-order valence-corrected chi connectivity index (χ2v) is 5.30. The maximum absolute atomic E-state index is 12.3. The largest absolute Gasteiger partial charge is 0.454 e. The van der Waals surface area contributed by atoms with E-state index >= 15 is 0 Å². The first-order chi connectivity index (χ1) is 9.55. The van der Waals surface area contributed by atoms with Gasteiger partial charge in [-0.2, -0.15) is 0 Å². The first-order valence-electron chi connectivity index (χ1n) is 6.73. The third-order valence-corrected chi connectivity index (χ3v) is 3.47. The zero-order chi connectivity index (χ0) is 14.6. The summed E-state index contributed by atoms with van der Waals surface area (Å²) >= 11 is 0. The standard InChI is InChI=1S/C15H21NO4/c1-15(2,14(17)16-7-4-8-18-3)11-5-6-12-13(9-11)20-10-19-12/h5-6,9H,4,7-8,10H2,1-3H3,(H,16,17). The number of rotatable bonds is 6. The monoisotopic (exact) mass is 279 g/mol. The van der Waals surface area contributed by atoms with Gasteiger partial charge in [0, 0.05) is 20.3 Å². The molecule has 110 valence electrons. The average molecular weight is 279 g/mol. The predicted molar refractivity (Wildman–Crippen MR) is 75.1 cm³/mol. The molecule has 5 nitrogen and oxygen atoms in total. The van der Waals surface area contributed by atoms with Gasteiger partial charge in [0.05, 0.1) is 5.41 Å². The zero-order valence-electron chi connectivity index (χ0n) is 12.2. The van der Waals surface area contributed by atoms with Crippen molar-refractivity contribution in [1.82, 2.24) is 5.32 Å². The van der Waals surface area contributed by atoms with Crippen LogP contribution in [0.25, 0.3) is 0 Å². The van der Waals surface area contributed by atoms with Gasteiger partial charge in [-0.25, -0.2) is 0 Å². The van der Waals surface area contributed by atoms with Crippen LogP contribution < -0.4 is 14.8 Å². The number of fused-ring (bicyclic) bond motifs is 1. The van der Waals surface area contributed by atoms with Gasteiger partial charge in [0.15, 0.2) is 11.5 Å². The van der Waals surface area contributed by atoms with Crippen LogP contribution in [0.3, 0.4) is 0 Å². The third-order valence-electron chi connectivity index (χ3n) is 3.47. The van der Waals surface area contributed by atoms with E-state index in [1.165, 1.54) is 0 Å². The van der Waals surface area contributed by atoms with Crippen LogP contribution in [-0.4, -0.2) is 33.0 Å². The van der Waals surface area contributed by atoms with E-state index in [1.807, 2.05) is 32.0 Å². The van der Waals surface area contributed by atoms with E-state index in [4.69, 9.17) is 14.2 Å². The Kier molecular flexibility index (Phi) is 4.49. The summed E-state index contributed by atoms with van der Waals surface area (Å²) in [5.41, 5.74) is 0.291. The van der Waals surface area contributed by atoms with Gasteiger partial charge in [-0.3, -0.25) is 4.79 Å². The fourth-order valence-corrected chi connectivity index (χ4v) is 2.06. The number of benzene rings is 1. The summed E-state index contributed by atoms with van der Waals surface area (Å²) in [6, 6.07) is 5.62. The molecule has 1 aromatic rings. The molecule has 1 aromatic carbocycles. The quantitative estimate of drug-likeness (QED) is 0.807. The molecule has 0 saturated carbocycles. The lowest BCUT2D eigenvalue weighted by Crippen LogP contribution is -2.40. The Morgan fingerprint density at radius 2 is 2.10 bits per heavy atom. The molecule has 1 amide bonds. The van der Waals surface area contributed by atoms with E-state index in [1.54, 1.807) is 7.11 Å². The Bertz CT molecular complexity index is 485. The summed E-state index contributed by atoms with van der Waals surface area (Å²) in [5.74, 6) is 1.42. The second-order valence-electron chi connectivity index (χ2n) is 5.30. The molecule has 5 heteroatoms. The van der Waals surface area contributed by atoms with Crippen LogP contribution in [0.2, 0.25) is 0 Å². The lowest BCUT2D eigenvalue weighted by atomic mass is 9.83. The van der Waals surface area contributed by atoms with Crippen LogP contribution in [0.1, 0.15) is 25.8 Å². The molecule has 20 heavy (non-hydrogen) atoms. The molecule has 1 aliphatic rings. The smallest absolute Gasteiger partial charge is 0.231 e. The number of methoxy groups -OCH3 is 1. The molecule has 0 radical (unpaired) electrons. The molecule has 0 aliphatic carbocycles. The van der Waals surface area contributed by atoms with Crippen molar-refractivity contribution in [3.8, 4) is 11.5 Å². The van der Waals surface area contributed by atoms with Gasteiger partial charge < -0.3 is 19.5 Å². The minimum Gasteiger partial charge on any atom is -0.454 e. The summed E-state index contributed by atoms with van der Waals surface area (Å²) in [6.07, 6.45) is 0.805. The fraction of sp³-hybridized carbons (Fsp3) is 0.533. The first kappa shape index (κ1) is 14.7. The molecular weight excluding hydrogens is 258 g/mol. The Hall–Kier alpha value is -1.75. The molecule has 0 fully saturated rings. The SMILES string of the molecule is COCCCNC(=O)C(C)(C)c1ccc2c(c1)OCO2. The normalized spacial score (nSPS) is 13.3. The maximum Gasteiger partial charge on any atom is 0.231 e. The maximum atomic E-state index is 12.3. The topological polar surface area (TPSA) is 56.8 Å². The Balaban J connectivity index is 2.03. The van der Waals surface area contributed by atoms with Gasteiger partial charge in [-0.15, -0.1) is 0 Å². The molecule has 0 bridgehead atoms. The fourth-order valence-electron chi connectivity index (χ4n) is 2.06. The highest BCUT2D eigenvalue weighted by Crippen LogP contribution is 2.36. The highest BCUT2D eigenvalue weighted by Gasteiger charge is 2.31. The Labute approximate surface area is 119 Å².